The minimum atomic E-state index is 0.425. The number of piperidine rings is 1. The molecule has 1 aliphatic rings. The number of rotatable bonds is 3. The van der Waals surface area contributed by atoms with Gasteiger partial charge in [0.2, 0.25) is 0 Å². The Morgan fingerprint density at radius 3 is 2.94 bits per heavy atom. The Bertz CT molecular complexity index is 424. The van der Waals surface area contributed by atoms with Crippen molar-refractivity contribution in [2.75, 3.05) is 26.7 Å². The van der Waals surface area contributed by atoms with Crippen LogP contribution in [0.2, 0.25) is 0 Å². The SMILES string of the molecule is COC1CCN(Cc2sccc2C#CCN)CC1. The van der Waals surface area contributed by atoms with Crippen LogP contribution in [0.1, 0.15) is 23.3 Å². The molecule has 0 unspecified atom stereocenters. The Hall–Kier alpha value is -0.860. The van der Waals surface area contributed by atoms with E-state index < -0.39 is 0 Å². The van der Waals surface area contributed by atoms with Crippen LogP contribution in [0.15, 0.2) is 11.4 Å². The van der Waals surface area contributed by atoms with Crippen LogP contribution in [0.5, 0.6) is 0 Å². The van der Waals surface area contributed by atoms with E-state index in [1.165, 1.54) is 4.88 Å². The predicted octanol–water partition coefficient (Wildman–Crippen LogP) is 1.67. The van der Waals surface area contributed by atoms with Gasteiger partial charge in [-0.2, -0.15) is 0 Å². The summed E-state index contributed by atoms with van der Waals surface area (Å²) in [6, 6.07) is 2.09. The van der Waals surface area contributed by atoms with Gasteiger partial charge in [0.25, 0.3) is 0 Å². The summed E-state index contributed by atoms with van der Waals surface area (Å²) < 4.78 is 5.39. The Balaban J connectivity index is 1.92. The summed E-state index contributed by atoms with van der Waals surface area (Å²) in [6.45, 7) is 3.65. The molecule has 0 spiro atoms. The van der Waals surface area contributed by atoms with Crippen LogP contribution in [-0.2, 0) is 11.3 Å². The third-order valence-electron chi connectivity index (χ3n) is 3.31. The Labute approximate surface area is 113 Å². The Morgan fingerprint density at radius 1 is 1.50 bits per heavy atom. The second-order valence-corrected chi connectivity index (χ2v) is 5.48. The van der Waals surface area contributed by atoms with Gasteiger partial charge >= 0.3 is 0 Å². The van der Waals surface area contributed by atoms with Crippen molar-refractivity contribution in [2.45, 2.75) is 25.5 Å². The smallest absolute Gasteiger partial charge is 0.0595 e. The van der Waals surface area contributed by atoms with E-state index in [4.69, 9.17) is 10.5 Å². The maximum absolute atomic E-state index is 5.42. The van der Waals surface area contributed by atoms with Gasteiger partial charge in [0.05, 0.1) is 12.6 Å². The van der Waals surface area contributed by atoms with Crippen molar-refractivity contribution in [1.82, 2.24) is 4.90 Å². The Morgan fingerprint density at radius 2 is 2.28 bits per heavy atom. The number of methoxy groups -OCH3 is 1. The number of ether oxygens (including phenoxy) is 1. The van der Waals surface area contributed by atoms with Crippen molar-refractivity contribution in [3.05, 3.63) is 21.9 Å². The third-order valence-corrected chi connectivity index (χ3v) is 4.21. The molecule has 3 nitrogen and oxygen atoms in total. The van der Waals surface area contributed by atoms with E-state index in [0.717, 1.165) is 38.0 Å². The standard InChI is InChI=1S/C14H20N2OS/c1-17-13-4-8-16(9-5-13)11-14-12(3-2-7-15)6-10-18-14/h6,10,13H,4-5,7-9,11,15H2,1H3. The lowest BCUT2D eigenvalue weighted by Crippen LogP contribution is -2.36. The lowest BCUT2D eigenvalue weighted by Gasteiger charge is -2.30. The molecule has 0 bridgehead atoms. The van der Waals surface area contributed by atoms with Gasteiger partial charge in [0.1, 0.15) is 0 Å². The molecule has 1 aliphatic heterocycles. The van der Waals surface area contributed by atoms with E-state index in [9.17, 15) is 0 Å². The van der Waals surface area contributed by atoms with Gasteiger partial charge < -0.3 is 10.5 Å². The van der Waals surface area contributed by atoms with Gasteiger partial charge in [0.15, 0.2) is 0 Å². The van der Waals surface area contributed by atoms with Crippen molar-refractivity contribution in [2.24, 2.45) is 5.73 Å². The summed E-state index contributed by atoms with van der Waals surface area (Å²) >= 11 is 1.78. The fourth-order valence-corrected chi connectivity index (χ4v) is 3.10. The van der Waals surface area contributed by atoms with Gasteiger partial charge in [0, 0.05) is 37.2 Å². The van der Waals surface area contributed by atoms with Crippen LogP contribution in [0.3, 0.4) is 0 Å². The topological polar surface area (TPSA) is 38.5 Å². The molecule has 2 N–H and O–H groups in total. The molecular weight excluding hydrogens is 244 g/mol. The molecule has 18 heavy (non-hydrogen) atoms. The van der Waals surface area contributed by atoms with Crippen molar-refractivity contribution in [3.8, 4) is 11.8 Å². The number of likely N-dealkylation sites (tertiary alicyclic amines) is 1. The van der Waals surface area contributed by atoms with E-state index in [1.807, 2.05) is 0 Å². The van der Waals surface area contributed by atoms with E-state index in [1.54, 1.807) is 18.4 Å². The zero-order valence-electron chi connectivity index (χ0n) is 10.8. The molecule has 0 saturated carbocycles. The quantitative estimate of drug-likeness (QED) is 0.844. The Kier molecular flexibility index (Phi) is 5.21. The first kappa shape index (κ1) is 13.6. The maximum atomic E-state index is 5.42. The molecule has 1 fully saturated rings. The first-order chi connectivity index (χ1) is 8.83. The summed E-state index contributed by atoms with van der Waals surface area (Å²) in [6.07, 6.45) is 2.71. The molecular formula is C14H20N2OS. The molecule has 1 aromatic heterocycles. The van der Waals surface area contributed by atoms with Crippen LogP contribution in [0, 0.1) is 11.8 Å². The van der Waals surface area contributed by atoms with E-state index in [-0.39, 0.29) is 0 Å². The van der Waals surface area contributed by atoms with Crippen molar-refractivity contribution in [3.63, 3.8) is 0 Å². The molecule has 0 radical (unpaired) electrons. The van der Waals surface area contributed by atoms with E-state index >= 15 is 0 Å². The number of nitrogens with two attached hydrogens (primary N) is 1. The van der Waals surface area contributed by atoms with Gasteiger partial charge in [-0.1, -0.05) is 11.8 Å². The first-order valence-corrected chi connectivity index (χ1v) is 7.22. The van der Waals surface area contributed by atoms with E-state index in [0.29, 0.717) is 12.6 Å². The number of hydrogen-bond acceptors (Lipinski definition) is 4. The third kappa shape index (κ3) is 3.56. The summed E-state index contributed by atoms with van der Waals surface area (Å²) in [7, 11) is 1.81. The zero-order chi connectivity index (χ0) is 12.8. The van der Waals surface area contributed by atoms with Crippen molar-refractivity contribution in [1.29, 1.82) is 0 Å². The average molecular weight is 264 g/mol. The van der Waals surface area contributed by atoms with Crippen molar-refractivity contribution < 1.29 is 4.74 Å². The van der Waals surface area contributed by atoms with Gasteiger partial charge in [-0.15, -0.1) is 11.3 Å². The lowest BCUT2D eigenvalue weighted by atomic mass is 10.1. The maximum Gasteiger partial charge on any atom is 0.0595 e. The van der Waals surface area contributed by atoms with Crippen LogP contribution < -0.4 is 5.73 Å². The fraction of sp³-hybridized carbons (Fsp3) is 0.571. The molecule has 1 aromatic rings. The average Bonchev–Trinajstić information content (AvgIpc) is 2.84. The molecule has 2 rings (SSSR count). The first-order valence-electron chi connectivity index (χ1n) is 6.34. The summed E-state index contributed by atoms with van der Waals surface area (Å²) in [4.78, 5) is 3.83. The number of nitrogens with zero attached hydrogens (tertiary/aromatic N) is 1. The highest BCUT2D eigenvalue weighted by Crippen LogP contribution is 2.21. The zero-order valence-corrected chi connectivity index (χ0v) is 11.6. The highest BCUT2D eigenvalue weighted by molar-refractivity contribution is 7.10. The number of hydrogen-bond donors (Lipinski definition) is 1. The highest BCUT2D eigenvalue weighted by atomic mass is 32.1. The largest absolute Gasteiger partial charge is 0.381 e. The predicted molar refractivity (Wildman–Crippen MR) is 75.6 cm³/mol. The summed E-state index contributed by atoms with van der Waals surface area (Å²) in [5.74, 6) is 6.08. The molecule has 1 saturated heterocycles. The van der Waals surface area contributed by atoms with Gasteiger partial charge in [-0.05, 0) is 24.3 Å². The summed E-state index contributed by atoms with van der Waals surface area (Å²) in [5, 5.41) is 2.11. The molecule has 0 amide bonds. The number of thiophene rings is 1. The fourth-order valence-electron chi connectivity index (χ4n) is 2.23. The minimum Gasteiger partial charge on any atom is -0.381 e. The monoisotopic (exact) mass is 264 g/mol. The van der Waals surface area contributed by atoms with Gasteiger partial charge in [-0.25, -0.2) is 0 Å². The molecule has 4 heteroatoms. The van der Waals surface area contributed by atoms with Crippen LogP contribution in [0.25, 0.3) is 0 Å². The second-order valence-electron chi connectivity index (χ2n) is 4.47. The molecule has 98 valence electrons. The molecule has 2 heterocycles. The van der Waals surface area contributed by atoms with Crippen LogP contribution in [0.4, 0.5) is 0 Å². The second kappa shape index (κ2) is 6.91. The molecule has 0 atom stereocenters. The highest BCUT2D eigenvalue weighted by Gasteiger charge is 2.19. The van der Waals surface area contributed by atoms with Crippen LogP contribution in [-0.4, -0.2) is 37.7 Å². The lowest BCUT2D eigenvalue weighted by molar-refractivity contribution is 0.0391. The van der Waals surface area contributed by atoms with E-state index in [2.05, 4.69) is 28.2 Å². The molecule has 0 aliphatic carbocycles. The van der Waals surface area contributed by atoms with Crippen molar-refractivity contribution >= 4 is 11.3 Å². The molecule has 0 aromatic carbocycles. The normalized spacial score (nSPS) is 17.4. The summed E-state index contributed by atoms with van der Waals surface area (Å²) in [5.41, 5.74) is 6.55. The minimum absolute atomic E-state index is 0.425. The van der Waals surface area contributed by atoms with Crippen LogP contribution >= 0.6 is 11.3 Å². The van der Waals surface area contributed by atoms with Gasteiger partial charge in [-0.3, -0.25) is 4.90 Å².